The summed E-state index contributed by atoms with van der Waals surface area (Å²) in [7, 11) is 1.53. The van der Waals surface area contributed by atoms with Gasteiger partial charge in [-0.15, -0.1) is 5.06 Å². The van der Waals surface area contributed by atoms with Gasteiger partial charge in [0.15, 0.2) is 12.3 Å². The lowest BCUT2D eigenvalue weighted by molar-refractivity contribution is -0.157. The number of halogens is 2. The molecular formula is C33H41F2N7O10. The predicted molar refractivity (Wildman–Crippen MR) is 174 cm³/mol. The Bertz CT molecular complexity index is 1650. The lowest BCUT2D eigenvalue weighted by atomic mass is 10.1. The van der Waals surface area contributed by atoms with E-state index in [2.05, 4.69) is 10.4 Å². The number of rotatable bonds is 14. The maximum Gasteiger partial charge on any atom is 0.527 e. The number of hydrogen-bond acceptors (Lipinski definition) is 11. The average Bonchev–Trinajstić information content (AvgIpc) is 3.79. The predicted octanol–water partition coefficient (Wildman–Crippen LogP) is 1.30. The number of ether oxygens (including phenoxy) is 2. The molecule has 3 aliphatic rings. The maximum absolute atomic E-state index is 14.5. The molecule has 2 atom stereocenters. The summed E-state index contributed by atoms with van der Waals surface area (Å²) in [5.74, 6) is -7.41. The lowest BCUT2D eigenvalue weighted by Gasteiger charge is -2.35. The van der Waals surface area contributed by atoms with Crippen molar-refractivity contribution >= 4 is 35.8 Å². The van der Waals surface area contributed by atoms with Gasteiger partial charge < -0.3 is 39.4 Å². The van der Waals surface area contributed by atoms with Crippen LogP contribution in [-0.2, 0) is 28.8 Å². The van der Waals surface area contributed by atoms with Gasteiger partial charge in [0.25, 0.3) is 17.7 Å². The highest BCUT2D eigenvalue weighted by atomic mass is 19.3. The van der Waals surface area contributed by atoms with Crippen LogP contribution < -0.4 is 10.1 Å². The van der Waals surface area contributed by atoms with Crippen molar-refractivity contribution in [2.24, 2.45) is 0 Å². The number of likely N-dealkylation sites (tertiary alicyclic amines) is 1. The normalized spacial score (nSPS) is 19.0. The van der Waals surface area contributed by atoms with E-state index in [1.54, 1.807) is 37.3 Å². The fraction of sp³-hybridized carbons (Fsp3) is 0.545. The third kappa shape index (κ3) is 9.51. The van der Waals surface area contributed by atoms with E-state index in [0.717, 1.165) is 17.7 Å². The first-order valence-corrected chi connectivity index (χ1v) is 16.9. The summed E-state index contributed by atoms with van der Waals surface area (Å²) in [6, 6.07) is 6.90. The summed E-state index contributed by atoms with van der Waals surface area (Å²) < 4.78 is 40.7. The van der Waals surface area contributed by atoms with E-state index in [9.17, 15) is 42.7 Å². The quantitative estimate of drug-likeness (QED) is 0.265. The molecule has 19 heteroatoms. The fourth-order valence-corrected chi connectivity index (χ4v) is 5.95. The zero-order chi connectivity index (χ0) is 37.6. The number of benzene rings is 1. The second-order valence-electron chi connectivity index (χ2n) is 12.7. The third-order valence-corrected chi connectivity index (χ3v) is 8.84. The highest BCUT2D eigenvalue weighted by Crippen LogP contribution is 2.35. The first-order chi connectivity index (χ1) is 24.8. The number of para-hydroxylation sites is 1. The van der Waals surface area contributed by atoms with Gasteiger partial charge in [0, 0.05) is 45.1 Å². The summed E-state index contributed by atoms with van der Waals surface area (Å²) in [5.41, 5.74) is 0.163. The number of aliphatic carboxylic acids is 1. The SMILES string of the molecule is CCOC(=O)ON1CCN(C(=O)[C@H](CCC(=O)O)NC(=O)c2cc(OCC(=O)N3CC(F)(F)C[C@H]3C(=O)N(C)C3CC3)n(-c3ccccc3)n2)CC1. The van der Waals surface area contributed by atoms with Crippen LogP contribution in [0.1, 0.15) is 49.5 Å². The molecule has 0 radical (unpaired) electrons. The molecule has 0 spiro atoms. The van der Waals surface area contributed by atoms with Gasteiger partial charge in [0.2, 0.25) is 17.7 Å². The molecule has 2 saturated heterocycles. The van der Waals surface area contributed by atoms with Gasteiger partial charge in [-0.1, -0.05) is 18.2 Å². The Hall–Kier alpha value is -5.33. The molecule has 52 heavy (non-hydrogen) atoms. The van der Waals surface area contributed by atoms with Crippen molar-refractivity contribution in [2.45, 2.75) is 63.1 Å². The smallest absolute Gasteiger partial charge is 0.481 e. The van der Waals surface area contributed by atoms with E-state index in [0.29, 0.717) is 5.69 Å². The Kier molecular flexibility index (Phi) is 11.9. The number of amides is 4. The molecule has 0 unspecified atom stereocenters. The number of hydrogen-bond donors (Lipinski definition) is 2. The second-order valence-corrected chi connectivity index (χ2v) is 12.7. The monoisotopic (exact) mass is 733 g/mol. The van der Waals surface area contributed by atoms with Gasteiger partial charge in [0.05, 0.1) is 31.9 Å². The van der Waals surface area contributed by atoms with Crippen LogP contribution >= 0.6 is 0 Å². The number of alkyl halides is 2. The molecule has 3 fully saturated rings. The number of piperazine rings is 1. The Balaban J connectivity index is 1.29. The van der Waals surface area contributed by atoms with Crippen molar-refractivity contribution in [3.8, 4) is 11.6 Å². The summed E-state index contributed by atoms with van der Waals surface area (Å²) >= 11 is 0. The van der Waals surface area contributed by atoms with Crippen LogP contribution in [0.15, 0.2) is 36.4 Å². The standard InChI is InChI=1S/C33H41F2N7O10/c1-3-50-32(49)52-40-15-13-39(14-16-40)30(47)23(11-12-28(44)45)36-29(46)24-17-27(42(37-24)22-7-5-4-6-8-22)51-19-26(43)41-20-33(34,35)18-25(41)31(48)38(2)21-9-10-21/h4-8,17,21,23,25H,3,9-16,18-20H2,1-2H3,(H,36,46)(H,44,45)/t23-,25-/m0/s1. The molecule has 17 nitrogen and oxygen atoms in total. The van der Waals surface area contributed by atoms with E-state index >= 15 is 0 Å². The Morgan fingerprint density at radius 2 is 1.77 bits per heavy atom. The largest absolute Gasteiger partial charge is 0.527 e. The van der Waals surface area contributed by atoms with Crippen LogP contribution in [0.3, 0.4) is 0 Å². The van der Waals surface area contributed by atoms with E-state index < -0.39 is 79.8 Å². The Morgan fingerprint density at radius 3 is 2.40 bits per heavy atom. The molecule has 1 aliphatic carbocycles. The minimum Gasteiger partial charge on any atom is -0.481 e. The van der Waals surface area contributed by atoms with Crippen molar-refractivity contribution in [3.63, 3.8) is 0 Å². The first kappa shape index (κ1) is 37.9. The van der Waals surface area contributed by atoms with Crippen molar-refractivity contribution in [1.82, 2.24) is 34.9 Å². The Morgan fingerprint density at radius 1 is 1.08 bits per heavy atom. The lowest BCUT2D eigenvalue weighted by Crippen LogP contribution is -2.55. The molecule has 282 valence electrons. The molecular weight excluding hydrogens is 692 g/mol. The summed E-state index contributed by atoms with van der Waals surface area (Å²) in [5, 5.41) is 17.5. The third-order valence-electron chi connectivity index (χ3n) is 8.84. The number of carboxylic acids is 1. The van der Waals surface area contributed by atoms with Gasteiger partial charge >= 0.3 is 12.1 Å². The van der Waals surface area contributed by atoms with Crippen LogP contribution in [0.4, 0.5) is 13.6 Å². The molecule has 2 aromatic rings. The molecule has 1 aromatic carbocycles. The molecule has 0 bridgehead atoms. The van der Waals surface area contributed by atoms with Gasteiger partial charge in [-0.05, 0) is 38.3 Å². The fourth-order valence-electron chi connectivity index (χ4n) is 5.95. The number of carbonyl (C=O) groups excluding carboxylic acids is 5. The summed E-state index contributed by atoms with van der Waals surface area (Å²) in [6.07, 6.45) is -0.840. The summed E-state index contributed by atoms with van der Waals surface area (Å²) in [6.45, 7) is 0.557. The van der Waals surface area contributed by atoms with Crippen molar-refractivity contribution in [1.29, 1.82) is 0 Å². The number of likely N-dealkylation sites (N-methyl/N-ethyl adjacent to an activating group) is 1. The minimum absolute atomic E-state index is 0.0404. The van der Waals surface area contributed by atoms with Gasteiger partial charge in [-0.25, -0.2) is 18.3 Å². The maximum atomic E-state index is 14.5. The Labute approximate surface area is 297 Å². The van der Waals surface area contributed by atoms with E-state index in [1.165, 1.54) is 32.7 Å². The highest BCUT2D eigenvalue weighted by Gasteiger charge is 2.51. The van der Waals surface area contributed by atoms with Gasteiger partial charge in [-0.2, -0.15) is 5.10 Å². The molecule has 4 amide bonds. The average molecular weight is 734 g/mol. The number of aromatic nitrogens is 2. The van der Waals surface area contributed by atoms with E-state index in [4.69, 9.17) is 14.3 Å². The molecule has 1 saturated carbocycles. The van der Waals surface area contributed by atoms with Crippen LogP contribution in [0.2, 0.25) is 0 Å². The molecule has 2 aliphatic heterocycles. The number of carboxylic acid groups (broad SMARTS) is 1. The molecule has 2 N–H and O–H groups in total. The number of hydroxylamine groups is 2. The topological polar surface area (TPSA) is 193 Å². The summed E-state index contributed by atoms with van der Waals surface area (Å²) in [4.78, 5) is 85.1. The van der Waals surface area contributed by atoms with Crippen molar-refractivity contribution < 1.29 is 57.0 Å². The molecule has 3 heterocycles. The molecule has 5 rings (SSSR count). The zero-order valence-corrected chi connectivity index (χ0v) is 28.7. The first-order valence-electron chi connectivity index (χ1n) is 16.9. The molecule has 1 aromatic heterocycles. The van der Waals surface area contributed by atoms with Crippen LogP contribution in [0.5, 0.6) is 5.88 Å². The number of carbonyl (C=O) groups is 6. The zero-order valence-electron chi connectivity index (χ0n) is 28.7. The highest BCUT2D eigenvalue weighted by molar-refractivity contribution is 5.96. The van der Waals surface area contributed by atoms with Crippen LogP contribution in [0, 0.1) is 0 Å². The van der Waals surface area contributed by atoms with E-state index in [1.807, 2.05) is 0 Å². The van der Waals surface area contributed by atoms with Crippen molar-refractivity contribution in [2.75, 3.05) is 53.0 Å². The minimum atomic E-state index is -3.27. The van der Waals surface area contributed by atoms with Crippen molar-refractivity contribution in [3.05, 3.63) is 42.1 Å². The van der Waals surface area contributed by atoms with Gasteiger partial charge in [-0.3, -0.25) is 24.0 Å². The number of nitrogens with zero attached hydrogens (tertiary/aromatic N) is 6. The number of nitrogens with one attached hydrogen (secondary N) is 1. The second kappa shape index (κ2) is 16.3. The van der Waals surface area contributed by atoms with Gasteiger partial charge in [0.1, 0.15) is 12.1 Å². The van der Waals surface area contributed by atoms with Crippen LogP contribution in [0.25, 0.3) is 5.69 Å². The van der Waals surface area contributed by atoms with E-state index in [-0.39, 0.29) is 56.8 Å². The van der Waals surface area contributed by atoms with Crippen LogP contribution in [-0.4, -0.2) is 147 Å².